The number of nitriles is 1. The van der Waals surface area contributed by atoms with Gasteiger partial charge in [0.05, 0.1) is 12.2 Å². The van der Waals surface area contributed by atoms with E-state index in [2.05, 4.69) is 15.5 Å². The summed E-state index contributed by atoms with van der Waals surface area (Å²) in [6.07, 6.45) is 1.64. The van der Waals surface area contributed by atoms with E-state index in [1.54, 1.807) is 13.8 Å². The van der Waals surface area contributed by atoms with Gasteiger partial charge >= 0.3 is 5.97 Å². The number of thiophene rings is 1. The summed E-state index contributed by atoms with van der Waals surface area (Å²) in [4.78, 5) is 24.8. The SMILES string of the molecule is CCOC(=O)c1sc(NC(=O)CCSc2nnc(CCc3ccccc3)n2N)c(C#N)c1C. The largest absolute Gasteiger partial charge is 0.462 e. The first-order valence-electron chi connectivity index (χ1n) is 10.3. The molecule has 0 aliphatic heterocycles. The molecule has 0 bridgehead atoms. The molecule has 0 aliphatic carbocycles. The first-order chi connectivity index (χ1) is 15.9. The smallest absolute Gasteiger partial charge is 0.348 e. The summed E-state index contributed by atoms with van der Waals surface area (Å²) in [6, 6.07) is 12.1. The maximum Gasteiger partial charge on any atom is 0.348 e. The fourth-order valence-corrected chi connectivity index (χ4v) is 4.91. The Morgan fingerprint density at radius 2 is 2.03 bits per heavy atom. The van der Waals surface area contributed by atoms with Crippen molar-refractivity contribution in [1.82, 2.24) is 14.9 Å². The van der Waals surface area contributed by atoms with E-state index < -0.39 is 5.97 Å². The number of carbonyl (C=O) groups is 2. The highest BCUT2D eigenvalue weighted by Gasteiger charge is 2.22. The highest BCUT2D eigenvalue weighted by molar-refractivity contribution is 7.99. The summed E-state index contributed by atoms with van der Waals surface area (Å²) in [5.74, 6) is 6.43. The molecular formula is C22H24N6O3S2. The van der Waals surface area contributed by atoms with Crippen LogP contribution in [0.3, 0.4) is 0 Å². The van der Waals surface area contributed by atoms with Gasteiger partial charge in [-0.05, 0) is 31.4 Å². The average Bonchev–Trinajstić information content (AvgIpc) is 3.32. The molecule has 1 aromatic carbocycles. The summed E-state index contributed by atoms with van der Waals surface area (Å²) in [5, 5.41) is 21.3. The van der Waals surface area contributed by atoms with Crippen LogP contribution in [0.15, 0.2) is 35.5 Å². The van der Waals surface area contributed by atoms with Crippen molar-refractivity contribution in [2.75, 3.05) is 23.5 Å². The van der Waals surface area contributed by atoms with Gasteiger partial charge in [0.15, 0.2) is 5.82 Å². The van der Waals surface area contributed by atoms with E-state index in [9.17, 15) is 14.9 Å². The number of nitrogens with zero attached hydrogens (tertiary/aromatic N) is 4. The molecule has 11 heteroatoms. The molecule has 0 spiro atoms. The van der Waals surface area contributed by atoms with Gasteiger partial charge in [-0.1, -0.05) is 42.1 Å². The van der Waals surface area contributed by atoms with Gasteiger partial charge in [-0.15, -0.1) is 21.5 Å². The number of aromatic nitrogens is 3. The Balaban J connectivity index is 1.53. The monoisotopic (exact) mass is 484 g/mol. The second-order valence-electron chi connectivity index (χ2n) is 6.99. The third-order valence-electron chi connectivity index (χ3n) is 4.75. The number of aryl methyl sites for hydroxylation is 2. The Morgan fingerprint density at radius 3 is 2.73 bits per heavy atom. The third-order valence-corrected chi connectivity index (χ3v) is 6.88. The summed E-state index contributed by atoms with van der Waals surface area (Å²) < 4.78 is 6.47. The fraction of sp³-hybridized carbons (Fsp3) is 0.318. The summed E-state index contributed by atoms with van der Waals surface area (Å²) >= 11 is 2.37. The van der Waals surface area contributed by atoms with Crippen molar-refractivity contribution in [3.63, 3.8) is 0 Å². The quantitative estimate of drug-likeness (QED) is 0.254. The van der Waals surface area contributed by atoms with Crippen LogP contribution >= 0.6 is 23.1 Å². The molecule has 33 heavy (non-hydrogen) atoms. The predicted octanol–water partition coefficient (Wildman–Crippen LogP) is 3.32. The molecule has 0 saturated heterocycles. The van der Waals surface area contributed by atoms with Crippen LogP contribution in [-0.2, 0) is 22.4 Å². The normalized spacial score (nSPS) is 10.6. The Morgan fingerprint density at radius 1 is 1.27 bits per heavy atom. The van der Waals surface area contributed by atoms with Gasteiger partial charge < -0.3 is 15.9 Å². The highest BCUT2D eigenvalue weighted by Crippen LogP contribution is 2.33. The molecule has 172 valence electrons. The van der Waals surface area contributed by atoms with Gasteiger partial charge in [0.1, 0.15) is 15.9 Å². The number of esters is 1. The number of thioether (sulfide) groups is 1. The number of hydrogen-bond donors (Lipinski definition) is 2. The van der Waals surface area contributed by atoms with Crippen molar-refractivity contribution in [1.29, 1.82) is 5.26 Å². The summed E-state index contributed by atoms with van der Waals surface area (Å²) in [7, 11) is 0. The number of ether oxygens (including phenoxy) is 1. The van der Waals surface area contributed by atoms with Crippen molar-refractivity contribution in [2.45, 2.75) is 38.3 Å². The molecular weight excluding hydrogens is 460 g/mol. The van der Waals surface area contributed by atoms with Crippen LogP contribution in [-0.4, -0.2) is 39.1 Å². The van der Waals surface area contributed by atoms with Gasteiger partial charge in [0.2, 0.25) is 11.1 Å². The zero-order valence-corrected chi connectivity index (χ0v) is 20.0. The Labute approximate surface area is 199 Å². The van der Waals surface area contributed by atoms with E-state index in [4.69, 9.17) is 10.6 Å². The van der Waals surface area contributed by atoms with Gasteiger partial charge in [-0.25, -0.2) is 9.47 Å². The van der Waals surface area contributed by atoms with Gasteiger partial charge in [0, 0.05) is 18.6 Å². The molecule has 2 heterocycles. The molecule has 3 N–H and O–H groups in total. The van der Waals surface area contributed by atoms with Gasteiger partial charge in [-0.2, -0.15) is 5.26 Å². The molecule has 3 aromatic rings. The Bertz CT molecular complexity index is 1170. The molecule has 0 aliphatic rings. The van der Waals surface area contributed by atoms with Crippen LogP contribution in [0.5, 0.6) is 0 Å². The van der Waals surface area contributed by atoms with Crippen molar-refractivity contribution >= 4 is 40.0 Å². The average molecular weight is 485 g/mol. The van der Waals surface area contributed by atoms with Gasteiger partial charge in [-0.3, -0.25) is 4.79 Å². The Hall–Kier alpha value is -3.36. The van der Waals surface area contributed by atoms with E-state index in [0.717, 1.165) is 17.8 Å². The molecule has 0 unspecified atom stereocenters. The summed E-state index contributed by atoms with van der Waals surface area (Å²) in [5.41, 5.74) is 1.97. The number of carbonyl (C=O) groups excluding carboxylic acids is 2. The van der Waals surface area contributed by atoms with Crippen LogP contribution < -0.4 is 11.2 Å². The number of nitrogens with one attached hydrogen (secondary N) is 1. The van der Waals surface area contributed by atoms with Crippen LogP contribution in [0.4, 0.5) is 5.00 Å². The molecule has 3 rings (SSSR count). The maximum absolute atomic E-state index is 12.4. The second kappa shape index (κ2) is 11.5. The van der Waals surface area contributed by atoms with Crippen molar-refractivity contribution < 1.29 is 14.3 Å². The zero-order chi connectivity index (χ0) is 23.8. The fourth-order valence-electron chi connectivity index (χ4n) is 3.03. The third kappa shape index (κ3) is 6.12. The van der Waals surface area contributed by atoms with Crippen molar-refractivity contribution in [2.24, 2.45) is 0 Å². The first kappa shape index (κ1) is 24.3. The lowest BCUT2D eigenvalue weighted by Crippen LogP contribution is -2.15. The van der Waals surface area contributed by atoms with Crippen LogP contribution in [0, 0.1) is 18.3 Å². The first-order valence-corrected chi connectivity index (χ1v) is 12.1. The maximum atomic E-state index is 12.4. The summed E-state index contributed by atoms with van der Waals surface area (Å²) in [6.45, 7) is 3.60. The predicted molar refractivity (Wildman–Crippen MR) is 128 cm³/mol. The molecule has 0 saturated carbocycles. The number of amides is 1. The molecule has 2 aromatic heterocycles. The van der Waals surface area contributed by atoms with E-state index >= 15 is 0 Å². The molecule has 9 nitrogen and oxygen atoms in total. The van der Waals surface area contributed by atoms with E-state index in [-0.39, 0.29) is 24.5 Å². The molecule has 0 radical (unpaired) electrons. The molecule has 0 atom stereocenters. The molecule has 1 amide bonds. The zero-order valence-electron chi connectivity index (χ0n) is 18.3. The van der Waals surface area contributed by atoms with Crippen LogP contribution in [0.25, 0.3) is 0 Å². The lowest BCUT2D eigenvalue weighted by atomic mass is 10.1. The minimum atomic E-state index is -0.502. The van der Waals surface area contributed by atoms with Gasteiger partial charge in [0.25, 0.3) is 0 Å². The minimum absolute atomic E-state index is 0.174. The highest BCUT2D eigenvalue weighted by atomic mass is 32.2. The standard InChI is InChI=1S/C22H24N6O3S2/c1-3-31-21(30)19-14(2)16(13-23)20(33-19)25-18(29)11-12-32-22-27-26-17(28(22)24)10-9-15-7-5-4-6-8-15/h4-8H,3,9-12,24H2,1-2H3,(H,25,29). The second-order valence-corrected chi connectivity index (χ2v) is 9.08. The number of nitrogens with two attached hydrogens (primary N) is 1. The lowest BCUT2D eigenvalue weighted by molar-refractivity contribution is -0.115. The number of anilines is 1. The number of hydrogen-bond acceptors (Lipinski definition) is 9. The molecule has 0 fully saturated rings. The number of rotatable bonds is 10. The van der Waals surface area contributed by atoms with Crippen molar-refractivity contribution in [3.05, 3.63) is 57.7 Å². The van der Waals surface area contributed by atoms with E-state index in [0.29, 0.717) is 38.6 Å². The van der Waals surface area contributed by atoms with Crippen molar-refractivity contribution in [3.8, 4) is 6.07 Å². The Kier molecular flexibility index (Phi) is 8.46. The minimum Gasteiger partial charge on any atom is -0.462 e. The topological polar surface area (TPSA) is 136 Å². The lowest BCUT2D eigenvalue weighted by Gasteiger charge is -2.05. The van der Waals surface area contributed by atoms with Crippen LogP contribution in [0.1, 0.15) is 45.5 Å². The number of benzene rings is 1. The number of nitrogen functional groups attached to an aromatic ring is 1. The van der Waals surface area contributed by atoms with E-state index in [1.165, 1.54) is 22.0 Å². The van der Waals surface area contributed by atoms with E-state index in [1.807, 2.05) is 36.4 Å². The van der Waals surface area contributed by atoms with Crippen LogP contribution in [0.2, 0.25) is 0 Å².